The molecule has 1 heterocycles. The van der Waals surface area contributed by atoms with Crippen molar-refractivity contribution in [1.82, 2.24) is 4.98 Å². The maximum Gasteiger partial charge on any atom is 0.250 e. The van der Waals surface area contributed by atoms with E-state index in [0.717, 1.165) is 16.8 Å². The van der Waals surface area contributed by atoms with E-state index in [1.165, 1.54) is 17.4 Å². The van der Waals surface area contributed by atoms with Crippen molar-refractivity contribution in [2.75, 3.05) is 26.6 Å². The molecule has 0 aliphatic carbocycles. The third-order valence-electron chi connectivity index (χ3n) is 3.97. The van der Waals surface area contributed by atoms with Crippen molar-refractivity contribution in [3.63, 3.8) is 0 Å². The summed E-state index contributed by atoms with van der Waals surface area (Å²) >= 11 is 1.35. The van der Waals surface area contributed by atoms with Crippen LogP contribution in [-0.4, -0.2) is 32.2 Å². The summed E-state index contributed by atoms with van der Waals surface area (Å²) in [4.78, 5) is 16.7. The Morgan fingerprint density at radius 2 is 1.75 bits per heavy atom. The highest BCUT2D eigenvalue weighted by atomic mass is 32.1. The molecule has 6 nitrogen and oxygen atoms in total. The minimum absolute atomic E-state index is 0.265. The first-order valence-corrected chi connectivity index (χ1v) is 9.32. The van der Waals surface area contributed by atoms with Gasteiger partial charge in [-0.3, -0.25) is 10.1 Å². The van der Waals surface area contributed by atoms with Crippen molar-refractivity contribution >= 4 is 28.5 Å². The van der Waals surface area contributed by atoms with Gasteiger partial charge in [0, 0.05) is 22.6 Å². The quantitative estimate of drug-likeness (QED) is 0.596. The Kier molecular flexibility index (Phi) is 6.29. The number of benzene rings is 2. The number of nitrogens with one attached hydrogen (secondary N) is 1. The zero-order valence-electron chi connectivity index (χ0n) is 15.8. The summed E-state index contributed by atoms with van der Waals surface area (Å²) in [7, 11) is 4.77. The van der Waals surface area contributed by atoms with Gasteiger partial charge in [0.25, 0.3) is 0 Å². The fraction of sp³-hybridized carbons (Fsp3) is 0.143. The van der Waals surface area contributed by atoms with Crippen LogP contribution in [0.5, 0.6) is 17.2 Å². The predicted molar refractivity (Wildman–Crippen MR) is 111 cm³/mol. The lowest BCUT2D eigenvalue weighted by atomic mass is 10.1. The standard InChI is InChI=1S/C21H20N2O4S/c1-25-17-7-5-4-6-14(17)9-11-20(24)23-21-22-16(13-28-21)15-8-10-18(26-2)19(12-15)27-3/h4-13H,1-3H3,(H,22,23,24). The van der Waals surface area contributed by atoms with E-state index in [0.29, 0.717) is 22.4 Å². The third-order valence-corrected chi connectivity index (χ3v) is 4.72. The van der Waals surface area contributed by atoms with Crippen LogP contribution in [0.2, 0.25) is 0 Å². The number of para-hydroxylation sites is 1. The summed E-state index contributed by atoms with van der Waals surface area (Å²) in [5.74, 6) is 1.71. The van der Waals surface area contributed by atoms with Gasteiger partial charge in [0.1, 0.15) is 5.75 Å². The molecule has 0 radical (unpaired) electrons. The van der Waals surface area contributed by atoms with Gasteiger partial charge in [-0.25, -0.2) is 4.98 Å². The van der Waals surface area contributed by atoms with Gasteiger partial charge in [-0.2, -0.15) is 0 Å². The molecule has 0 saturated carbocycles. The maximum absolute atomic E-state index is 12.2. The SMILES string of the molecule is COc1ccccc1C=CC(=O)Nc1nc(-c2ccc(OC)c(OC)c2)cs1. The van der Waals surface area contributed by atoms with Gasteiger partial charge in [-0.05, 0) is 30.3 Å². The van der Waals surface area contributed by atoms with Crippen LogP contribution in [0.15, 0.2) is 53.9 Å². The zero-order valence-corrected chi connectivity index (χ0v) is 16.6. The van der Waals surface area contributed by atoms with Crippen molar-refractivity contribution in [2.24, 2.45) is 0 Å². The maximum atomic E-state index is 12.2. The Morgan fingerprint density at radius 1 is 1.00 bits per heavy atom. The third kappa shape index (κ3) is 4.50. The number of hydrogen-bond donors (Lipinski definition) is 1. The van der Waals surface area contributed by atoms with E-state index in [9.17, 15) is 4.79 Å². The van der Waals surface area contributed by atoms with Gasteiger partial charge in [-0.15, -0.1) is 11.3 Å². The lowest BCUT2D eigenvalue weighted by Crippen LogP contribution is -2.07. The number of methoxy groups -OCH3 is 3. The average molecular weight is 396 g/mol. The number of ether oxygens (including phenoxy) is 3. The molecule has 0 bridgehead atoms. The van der Waals surface area contributed by atoms with Gasteiger partial charge < -0.3 is 14.2 Å². The molecule has 144 valence electrons. The van der Waals surface area contributed by atoms with Crippen molar-refractivity contribution in [3.8, 4) is 28.5 Å². The summed E-state index contributed by atoms with van der Waals surface area (Å²) in [6.07, 6.45) is 3.16. The number of carbonyl (C=O) groups excluding carboxylic acids is 1. The topological polar surface area (TPSA) is 69.7 Å². The van der Waals surface area contributed by atoms with Gasteiger partial charge in [0.15, 0.2) is 16.6 Å². The highest BCUT2D eigenvalue weighted by molar-refractivity contribution is 7.14. The predicted octanol–water partition coefficient (Wildman–Crippen LogP) is 4.49. The van der Waals surface area contributed by atoms with Crippen LogP contribution in [0.25, 0.3) is 17.3 Å². The summed E-state index contributed by atoms with van der Waals surface area (Å²) in [5.41, 5.74) is 2.44. The van der Waals surface area contributed by atoms with Crippen molar-refractivity contribution in [1.29, 1.82) is 0 Å². The molecular weight excluding hydrogens is 376 g/mol. The normalized spacial score (nSPS) is 10.7. The van der Waals surface area contributed by atoms with Gasteiger partial charge in [0.2, 0.25) is 5.91 Å². The molecule has 2 aromatic carbocycles. The van der Waals surface area contributed by atoms with E-state index in [2.05, 4.69) is 10.3 Å². The number of aromatic nitrogens is 1. The van der Waals surface area contributed by atoms with Crippen molar-refractivity contribution < 1.29 is 19.0 Å². The van der Waals surface area contributed by atoms with E-state index in [-0.39, 0.29) is 5.91 Å². The molecular formula is C21H20N2O4S. The Balaban J connectivity index is 1.71. The number of rotatable bonds is 7. The monoisotopic (exact) mass is 396 g/mol. The molecule has 0 aliphatic heterocycles. The summed E-state index contributed by atoms with van der Waals surface area (Å²) in [6.45, 7) is 0. The minimum Gasteiger partial charge on any atom is -0.496 e. The van der Waals surface area contributed by atoms with Crippen LogP contribution in [0.3, 0.4) is 0 Å². The van der Waals surface area contributed by atoms with Crippen LogP contribution >= 0.6 is 11.3 Å². The molecule has 0 atom stereocenters. The lowest BCUT2D eigenvalue weighted by Gasteiger charge is -2.08. The molecule has 1 aromatic heterocycles. The first-order valence-electron chi connectivity index (χ1n) is 8.44. The molecule has 0 aliphatic rings. The highest BCUT2D eigenvalue weighted by Crippen LogP contribution is 2.33. The number of nitrogens with zero attached hydrogens (tertiary/aromatic N) is 1. The fourth-order valence-electron chi connectivity index (χ4n) is 2.58. The van der Waals surface area contributed by atoms with Crippen LogP contribution in [0.1, 0.15) is 5.56 Å². The summed E-state index contributed by atoms with van der Waals surface area (Å²) < 4.78 is 15.8. The van der Waals surface area contributed by atoms with Gasteiger partial charge >= 0.3 is 0 Å². The molecule has 0 fully saturated rings. The highest BCUT2D eigenvalue weighted by Gasteiger charge is 2.10. The summed E-state index contributed by atoms with van der Waals surface area (Å²) in [5, 5.41) is 5.17. The van der Waals surface area contributed by atoms with Crippen LogP contribution in [0.4, 0.5) is 5.13 Å². The fourth-order valence-corrected chi connectivity index (χ4v) is 3.30. The second-order valence-corrected chi connectivity index (χ2v) is 6.53. The number of hydrogen-bond acceptors (Lipinski definition) is 6. The zero-order chi connectivity index (χ0) is 19.9. The molecule has 7 heteroatoms. The van der Waals surface area contributed by atoms with Crippen LogP contribution < -0.4 is 19.5 Å². The number of thiazole rings is 1. The van der Waals surface area contributed by atoms with E-state index < -0.39 is 0 Å². The minimum atomic E-state index is -0.265. The Labute approximate surface area is 167 Å². The lowest BCUT2D eigenvalue weighted by molar-refractivity contribution is -0.111. The Hall–Kier alpha value is -3.32. The number of carbonyl (C=O) groups is 1. The molecule has 28 heavy (non-hydrogen) atoms. The molecule has 0 saturated heterocycles. The second-order valence-electron chi connectivity index (χ2n) is 5.67. The second kappa shape index (κ2) is 9.05. The van der Waals surface area contributed by atoms with E-state index in [1.807, 2.05) is 47.8 Å². The first-order chi connectivity index (χ1) is 13.6. The van der Waals surface area contributed by atoms with Crippen molar-refractivity contribution in [3.05, 3.63) is 59.5 Å². The van der Waals surface area contributed by atoms with Crippen LogP contribution in [0, 0.1) is 0 Å². The van der Waals surface area contributed by atoms with Gasteiger partial charge in [-0.1, -0.05) is 18.2 Å². The first kappa shape index (κ1) is 19.4. The van der Waals surface area contributed by atoms with Crippen molar-refractivity contribution in [2.45, 2.75) is 0 Å². The average Bonchev–Trinajstić information content (AvgIpc) is 3.20. The smallest absolute Gasteiger partial charge is 0.250 e. The molecule has 1 amide bonds. The Morgan fingerprint density at radius 3 is 2.50 bits per heavy atom. The number of anilines is 1. The van der Waals surface area contributed by atoms with E-state index >= 15 is 0 Å². The van der Waals surface area contributed by atoms with E-state index in [4.69, 9.17) is 14.2 Å². The molecule has 3 aromatic rings. The molecule has 1 N–H and O–H groups in total. The molecule has 0 spiro atoms. The van der Waals surface area contributed by atoms with Crippen LogP contribution in [-0.2, 0) is 4.79 Å². The van der Waals surface area contributed by atoms with E-state index in [1.54, 1.807) is 27.4 Å². The summed E-state index contributed by atoms with van der Waals surface area (Å²) in [6, 6.07) is 13.0. The molecule has 3 rings (SSSR count). The number of amides is 1. The van der Waals surface area contributed by atoms with Gasteiger partial charge in [0.05, 0.1) is 27.0 Å². The largest absolute Gasteiger partial charge is 0.496 e. The Bertz CT molecular complexity index is 998. The molecule has 0 unspecified atom stereocenters.